The fourth-order valence-electron chi connectivity index (χ4n) is 1.80. The van der Waals surface area contributed by atoms with Gasteiger partial charge in [0, 0.05) is 22.5 Å². The van der Waals surface area contributed by atoms with Gasteiger partial charge in [0.2, 0.25) is 15.9 Å². The molecule has 0 bridgehead atoms. The topological polar surface area (TPSA) is 75.3 Å². The first-order chi connectivity index (χ1) is 11.3. The Bertz CT molecular complexity index is 842. The van der Waals surface area contributed by atoms with E-state index in [2.05, 4.69) is 26.0 Å². The average Bonchev–Trinajstić information content (AvgIpc) is 2.50. The molecule has 0 aliphatic heterocycles. The number of hydrogen-bond acceptors (Lipinski definition) is 3. The molecule has 1 amide bonds. The van der Waals surface area contributed by atoms with Gasteiger partial charge in [-0.05, 0) is 42.5 Å². The number of carbonyl (C=O) groups excluding carboxylic acids is 1. The molecule has 0 heterocycles. The van der Waals surface area contributed by atoms with Crippen LogP contribution in [-0.2, 0) is 14.8 Å². The Labute approximate surface area is 158 Å². The van der Waals surface area contributed by atoms with E-state index in [4.69, 9.17) is 23.2 Å². The van der Waals surface area contributed by atoms with Crippen LogP contribution >= 0.6 is 39.1 Å². The lowest BCUT2D eigenvalue weighted by Gasteiger charge is -2.09. The van der Waals surface area contributed by atoms with Crippen molar-refractivity contribution in [3.63, 3.8) is 0 Å². The van der Waals surface area contributed by atoms with Crippen molar-refractivity contribution < 1.29 is 13.2 Å². The maximum atomic E-state index is 12.1. The molecular weight excluding hydrogens is 439 g/mol. The van der Waals surface area contributed by atoms with Gasteiger partial charge in [-0.3, -0.25) is 4.79 Å². The Morgan fingerprint density at radius 2 is 1.75 bits per heavy atom. The summed E-state index contributed by atoms with van der Waals surface area (Å²) in [6, 6.07) is 10.8. The number of amides is 1. The zero-order valence-electron chi connectivity index (χ0n) is 12.2. The van der Waals surface area contributed by atoms with Crippen LogP contribution in [-0.4, -0.2) is 20.9 Å². The van der Waals surface area contributed by atoms with Gasteiger partial charge in [0.1, 0.15) is 0 Å². The van der Waals surface area contributed by atoms with Crippen LogP contribution in [0.1, 0.15) is 6.42 Å². The summed E-state index contributed by atoms with van der Waals surface area (Å²) in [5.41, 5.74) is 0.463. The molecule has 0 saturated heterocycles. The Kier molecular flexibility index (Phi) is 6.65. The molecule has 128 valence electrons. The average molecular weight is 452 g/mol. The number of benzene rings is 2. The van der Waals surface area contributed by atoms with Crippen LogP contribution in [0.4, 0.5) is 5.69 Å². The summed E-state index contributed by atoms with van der Waals surface area (Å²) in [4.78, 5) is 12.0. The van der Waals surface area contributed by atoms with Gasteiger partial charge >= 0.3 is 0 Å². The first kappa shape index (κ1) is 19.2. The second kappa shape index (κ2) is 8.31. The molecule has 2 aromatic rings. The molecule has 0 radical (unpaired) electrons. The lowest BCUT2D eigenvalue weighted by atomic mass is 10.3. The molecular formula is C15H13BrCl2N2O3S. The fraction of sp³-hybridized carbons (Fsp3) is 0.133. The van der Waals surface area contributed by atoms with E-state index >= 15 is 0 Å². The lowest BCUT2D eigenvalue weighted by Crippen LogP contribution is -2.27. The van der Waals surface area contributed by atoms with Crippen molar-refractivity contribution in [1.29, 1.82) is 0 Å². The normalized spacial score (nSPS) is 11.3. The number of nitrogens with one attached hydrogen (secondary N) is 2. The van der Waals surface area contributed by atoms with Gasteiger partial charge in [0.05, 0.1) is 15.6 Å². The summed E-state index contributed by atoms with van der Waals surface area (Å²) >= 11 is 15.0. The molecule has 0 fully saturated rings. The Hall–Kier alpha value is -1.12. The minimum atomic E-state index is -3.68. The van der Waals surface area contributed by atoms with Crippen molar-refractivity contribution in [1.82, 2.24) is 4.72 Å². The van der Waals surface area contributed by atoms with Gasteiger partial charge in [-0.1, -0.05) is 39.1 Å². The number of anilines is 1. The van der Waals surface area contributed by atoms with Crippen molar-refractivity contribution in [3.8, 4) is 0 Å². The lowest BCUT2D eigenvalue weighted by molar-refractivity contribution is -0.116. The van der Waals surface area contributed by atoms with E-state index in [0.29, 0.717) is 15.7 Å². The number of hydrogen-bond donors (Lipinski definition) is 2. The van der Waals surface area contributed by atoms with Crippen molar-refractivity contribution in [2.75, 3.05) is 11.9 Å². The van der Waals surface area contributed by atoms with E-state index in [-0.39, 0.29) is 23.8 Å². The van der Waals surface area contributed by atoms with Crippen LogP contribution in [0.3, 0.4) is 0 Å². The van der Waals surface area contributed by atoms with E-state index in [1.165, 1.54) is 24.3 Å². The quantitative estimate of drug-likeness (QED) is 0.695. The smallest absolute Gasteiger partial charge is 0.240 e. The highest BCUT2D eigenvalue weighted by molar-refractivity contribution is 9.10. The third-order valence-corrected chi connectivity index (χ3v) is 5.51. The first-order valence-electron chi connectivity index (χ1n) is 6.78. The summed E-state index contributed by atoms with van der Waals surface area (Å²) in [7, 11) is -3.68. The number of rotatable bonds is 6. The minimum Gasteiger partial charge on any atom is -0.325 e. The number of sulfonamides is 1. The van der Waals surface area contributed by atoms with Crippen LogP contribution in [0.15, 0.2) is 51.8 Å². The summed E-state index contributed by atoms with van der Waals surface area (Å²) < 4.78 is 27.3. The molecule has 0 spiro atoms. The van der Waals surface area contributed by atoms with Gasteiger partial charge in [0.15, 0.2) is 0 Å². The largest absolute Gasteiger partial charge is 0.325 e. The van der Waals surface area contributed by atoms with Crippen LogP contribution < -0.4 is 10.0 Å². The molecule has 0 aromatic heterocycles. The summed E-state index contributed by atoms with van der Waals surface area (Å²) in [6.07, 6.45) is -0.0286. The monoisotopic (exact) mass is 450 g/mol. The van der Waals surface area contributed by atoms with Crippen LogP contribution in [0, 0.1) is 0 Å². The highest BCUT2D eigenvalue weighted by Gasteiger charge is 2.14. The molecule has 24 heavy (non-hydrogen) atoms. The van der Waals surface area contributed by atoms with Gasteiger partial charge in [-0.15, -0.1) is 0 Å². The maximum absolute atomic E-state index is 12.1. The van der Waals surface area contributed by atoms with E-state index in [1.54, 1.807) is 18.2 Å². The van der Waals surface area contributed by atoms with Crippen LogP contribution in [0.25, 0.3) is 0 Å². The number of halogens is 3. The predicted octanol–water partition coefficient (Wildman–Crippen LogP) is 4.06. The fourth-order valence-corrected chi connectivity index (χ4v) is 3.68. The van der Waals surface area contributed by atoms with Gasteiger partial charge < -0.3 is 5.32 Å². The molecule has 2 N–H and O–H groups in total. The van der Waals surface area contributed by atoms with E-state index in [1.807, 2.05) is 0 Å². The van der Waals surface area contributed by atoms with E-state index < -0.39 is 10.0 Å². The Morgan fingerprint density at radius 3 is 2.38 bits per heavy atom. The van der Waals surface area contributed by atoms with Gasteiger partial charge in [0.25, 0.3) is 0 Å². The van der Waals surface area contributed by atoms with Crippen molar-refractivity contribution in [2.45, 2.75) is 11.3 Å². The standard InChI is InChI=1S/C15H13BrCl2N2O3S/c16-10-1-6-14(13(18)9-10)20-15(21)7-8-19-24(22,23)12-4-2-11(17)3-5-12/h1-6,9,19H,7-8H2,(H,20,21). The molecule has 9 heteroatoms. The zero-order valence-corrected chi connectivity index (χ0v) is 16.1. The molecule has 0 aliphatic carbocycles. The summed E-state index contributed by atoms with van der Waals surface area (Å²) in [5.74, 6) is -0.349. The SMILES string of the molecule is O=C(CCNS(=O)(=O)c1ccc(Cl)cc1)Nc1ccc(Br)cc1Cl. The van der Waals surface area contributed by atoms with Gasteiger partial charge in [-0.25, -0.2) is 13.1 Å². The van der Waals surface area contributed by atoms with Crippen LogP contribution in [0.5, 0.6) is 0 Å². The minimum absolute atomic E-state index is 0.0286. The van der Waals surface area contributed by atoms with Gasteiger partial charge in [-0.2, -0.15) is 0 Å². The predicted molar refractivity (Wildman–Crippen MR) is 99.0 cm³/mol. The zero-order chi connectivity index (χ0) is 17.7. The van der Waals surface area contributed by atoms with E-state index in [0.717, 1.165) is 4.47 Å². The number of carbonyl (C=O) groups is 1. The molecule has 2 aromatic carbocycles. The molecule has 0 unspecified atom stereocenters. The maximum Gasteiger partial charge on any atom is 0.240 e. The molecule has 0 atom stereocenters. The highest BCUT2D eigenvalue weighted by atomic mass is 79.9. The van der Waals surface area contributed by atoms with Crippen molar-refractivity contribution in [3.05, 3.63) is 57.0 Å². The Balaban J connectivity index is 1.89. The van der Waals surface area contributed by atoms with Crippen molar-refractivity contribution >= 4 is 60.7 Å². The second-order valence-electron chi connectivity index (χ2n) is 4.77. The molecule has 0 aliphatic rings. The Morgan fingerprint density at radius 1 is 1.08 bits per heavy atom. The summed E-state index contributed by atoms with van der Waals surface area (Å²) in [6.45, 7) is -0.0368. The van der Waals surface area contributed by atoms with Crippen LogP contribution in [0.2, 0.25) is 10.0 Å². The highest BCUT2D eigenvalue weighted by Crippen LogP contribution is 2.25. The molecule has 5 nitrogen and oxygen atoms in total. The van der Waals surface area contributed by atoms with E-state index in [9.17, 15) is 13.2 Å². The molecule has 2 rings (SSSR count). The van der Waals surface area contributed by atoms with Crippen molar-refractivity contribution in [2.24, 2.45) is 0 Å². The molecule has 0 saturated carbocycles. The third-order valence-electron chi connectivity index (χ3n) is 2.97. The summed E-state index contributed by atoms with van der Waals surface area (Å²) in [5, 5.41) is 3.46. The second-order valence-corrected chi connectivity index (χ2v) is 8.30. The first-order valence-corrected chi connectivity index (χ1v) is 9.81. The third kappa shape index (κ3) is 5.46.